The van der Waals surface area contributed by atoms with Crippen molar-refractivity contribution in [1.29, 1.82) is 0 Å². The second-order valence-electron chi connectivity index (χ2n) is 3.75. The van der Waals surface area contributed by atoms with E-state index in [1.165, 1.54) is 6.33 Å². The second-order valence-corrected chi connectivity index (χ2v) is 3.75. The van der Waals surface area contributed by atoms with Crippen molar-refractivity contribution in [2.75, 3.05) is 5.73 Å². The zero-order chi connectivity index (χ0) is 12.5. The molecule has 3 rings (SSSR count). The molecule has 0 fully saturated rings. The van der Waals surface area contributed by atoms with Crippen LogP contribution in [0.5, 0.6) is 0 Å². The Labute approximate surface area is 103 Å². The molecular weight excluding hydrogens is 226 g/mol. The van der Waals surface area contributed by atoms with Crippen molar-refractivity contribution < 1.29 is 0 Å². The lowest BCUT2D eigenvalue weighted by atomic mass is 10.2. The van der Waals surface area contributed by atoms with Crippen LogP contribution in [0.1, 0.15) is 5.56 Å². The lowest BCUT2D eigenvalue weighted by Gasteiger charge is -2.03. The Hall–Kier alpha value is -2.87. The van der Waals surface area contributed by atoms with Crippen molar-refractivity contribution in [3.63, 3.8) is 0 Å². The molecule has 0 amide bonds. The number of nitrogens with two attached hydrogens (primary N) is 1. The van der Waals surface area contributed by atoms with Gasteiger partial charge in [0.25, 0.3) is 0 Å². The fourth-order valence-corrected chi connectivity index (χ4v) is 1.78. The van der Waals surface area contributed by atoms with Gasteiger partial charge in [-0.3, -0.25) is 0 Å². The van der Waals surface area contributed by atoms with Gasteiger partial charge >= 0.3 is 0 Å². The van der Waals surface area contributed by atoms with E-state index in [-0.39, 0.29) is 0 Å². The van der Waals surface area contributed by atoms with E-state index in [4.69, 9.17) is 12.2 Å². The van der Waals surface area contributed by atoms with Gasteiger partial charge in [0.2, 0.25) is 0 Å². The van der Waals surface area contributed by atoms with Crippen LogP contribution >= 0.6 is 0 Å². The van der Waals surface area contributed by atoms with E-state index in [2.05, 4.69) is 21.0 Å². The van der Waals surface area contributed by atoms with E-state index >= 15 is 0 Å². The molecule has 2 aromatic heterocycles. The highest BCUT2D eigenvalue weighted by molar-refractivity contribution is 5.85. The summed E-state index contributed by atoms with van der Waals surface area (Å²) in [5, 5.41) is 4.99. The summed E-state index contributed by atoms with van der Waals surface area (Å²) < 4.78 is 1.69. The van der Waals surface area contributed by atoms with E-state index in [0.29, 0.717) is 11.5 Å². The van der Waals surface area contributed by atoms with Gasteiger partial charge in [0.05, 0.1) is 17.3 Å². The number of nitrogens with zero attached hydrogens (tertiary/aromatic N) is 4. The fourth-order valence-electron chi connectivity index (χ4n) is 1.78. The normalized spacial score (nSPS) is 10.4. The van der Waals surface area contributed by atoms with Gasteiger partial charge in [-0.2, -0.15) is 5.10 Å². The lowest BCUT2D eigenvalue weighted by molar-refractivity contribution is 0.895. The van der Waals surface area contributed by atoms with Crippen molar-refractivity contribution in [3.8, 4) is 18.0 Å². The largest absolute Gasteiger partial charge is 0.383 e. The van der Waals surface area contributed by atoms with E-state index < -0.39 is 0 Å². The molecule has 0 unspecified atom stereocenters. The summed E-state index contributed by atoms with van der Waals surface area (Å²) in [5.41, 5.74) is 8.07. The van der Waals surface area contributed by atoms with Gasteiger partial charge in [-0.1, -0.05) is 12.0 Å². The summed E-state index contributed by atoms with van der Waals surface area (Å²) in [4.78, 5) is 8.12. The second kappa shape index (κ2) is 3.86. The van der Waals surface area contributed by atoms with Crippen LogP contribution in [0, 0.1) is 12.3 Å². The average Bonchev–Trinajstić information content (AvgIpc) is 2.84. The Balaban J connectivity index is 2.26. The number of hydrogen-bond acceptors (Lipinski definition) is 4. The van der Waals surface area contributed by atoms with Gasteiger partial charge < -0.3 is 5.73 Å². The molecule has 3 aromatic rings. The van der Waals surface area contributed by atoms with E-state index in [9.17, 15) is 0 Å². The van der Waals surface area contributed by atoms with Crippen molar-refractivity contribution in [2.24, 2.45) is 0 Å². The van der Waals surface area contributed by atoms with Crippen molar-refractivity contribution in [2.45, 2.75) is 0 Å². The maximum Gasteiger partial charge on any atom is 0.168 e. The van der Waals surface area contributed by atoms with Gasteiger partial charge in [-0.25, -0.2) is 14.6 Å². The van der Waals surface area contributed by atoms with Crippen molar-refractivity contribution >= 4 is 16.9 Å². The maximum absolute atomic E-state index is 5.77. The first-order valence-electron chi connectivity index (χ1n) is 5.31. The highest BCUT2D eigenvalue weighted by atomic mass is 15.3. The predicted octanol–water partition coefficient (Wildman–Crippen LogP) is 1.38. The number of aromatic nitrogens is 4. The monoisotopic (exact) mass is 235 g/mol. The average molecular weight is 235 g/mol. The molecule has 0 aliphatic heterocycles. The minimum absolute atomic E-state index is 0.416. The van der Waals surface area contributed by atoms with Gasteiger partial charge in [0, 0.05) is 5.56 Å². The zero-order valence-corrected chi connectivity index (χ0v) is 9.41. The van der Waals surface area contributed by atoms with Gasteiger partial charge in [0.1, 0.15) is 12.1 Å². The third-order valence-corrected chi connectivity index (χ3v) is 2.65. The molecular formula is C13H9N5. The molecule has 0 atom stereocenters. The Bertz CT molecular complexity index is 766. The molecule has 5 heteroatoms. The number of benzene rings is 1. The van der Waals surface area contributed by atoms with E-state index in [0.717, 1.165) is 16.6 Å². The highest BCUT2D eigenvalue weighted by Crippen LogP contribution is 2.19. The van der Waals surface area contributed by atoms with Crippen LogP contribution in [0.15, 0.2) is 36.8 Å². The highest BCUT2D eigenvalue weighted by Gasteiger charge is 2.08. The SMILES string of the molecule is C#Cc1cccc(-n2ncc3c(N)ncnc32)c1. The molecule has 0 radical (unpaired) electrons. The topological polar surface area (TPSA) is 69.6 Å². The first kappa shape index (κ1) is 10.3. The van der Waals surface area contributed by atoms with Crippen LogP contribution < -0.4 is 5.73 Å². The first-order chi connectivity index (χ1) is 8.79. The van der Waals surface area contributed by atoms with Crippen LogP contribution in [0.4, 0.5) is 5.82 Å². The fraction of sp³-hybridized carbons (Fsp3) is 0. The molecule has 1 aromatic carbocycles. The number of hydrogen-bond donors (Lipinski definition) is 1. The van der Waals surface area contributed by atoms with Crippen LogP contribution in [0.3, 0.4) is 0 Å². The number of fused-ring (bicyclic) bond motifs is 1. The molecule has 5 nitrogen and oxygen atoms in total. The summed E-state index contributed by atoms with van der Waals surface area (Å²) in [6, 6.07) is 7.51. The van der Waals surface area contributed by atoms with Crippen LogP contribution in [-0.2, 0) is 0 Å². The van der Waals surface area contributed by atoms with Crippen LogP contribution in [0.2, 0.25) is 0 Å². The van der Waals surface area contributed by atoms with Crippen LogP contribution in [0.25, 0.3) is 16.7 Å². The summed E-state index contributed by atoms with van der Waals surface area (Å²) in [6.07, 6.45) is 8.45. The number of anilines is 1. The standard InChI is InChI=1S/C13H9N5/c1-2-9-4-3-5-10(6-9)18-13-11(7-17-18)12(14)15-8-16-13/h1,3-8H,(H2,14,15,16). The molecule has 0 aliphatic rings. The third-order valence-electron chi connectivity index (χ3n) is 2.65. The summed E-state index contributed by atoms with van der Waals surface area (Å²) >= 11 is 0. The van der Waals surface area contributed by atoms with Crippen LogP contribution in [-0.4, -0.2) is 19.7 Å². The Kier molecular flexibility index (Phi) is 2.21. The number of nitrogen functional groups attached to an aromatic ring is 1. The molecule has 0 saturated carbocycles. The Morgan fingerprint density at radius 1 is 1.28 bits per heavy atom. The Morgan fingerprint density at radius 3 is 3.00 bits per heavy atom. The third kappa shape index (κ3) is 1.48. The van der Waals surface area contributed by atoms with Gasteiger partial charge in [0.15, 0.2) is 5.65 Å². The van der Waals surface area contributed by atoms with Crippen molar-refractivity contribution in [1.82, 2.24) is 19.7 Å². The molecule has 2 heterocycles. The predicted molar refractivity (Wildman–Crippen MR) is 69.0 cm³/mol. The van der Waals surface area contributed by atoms with Gasteiger partial charge in [-0.05, 0) is 18.2 Å². The molecule has 2 N–H and O–H groups in total. The summed E-state index contributed by atoms with van der Waals surface area (Å²) in [7, 11) is 0. The smallest absolute Gasteiger partial charge is 0.168 e. The zero-order valence-electron chi connectivity index (χ0n) is 9.41. The number of rotatable bonds is 1. The summed E-state index contributed by atoms with van der Waals surface area (Å²) in [5.74, 6) is 3.01. The minimum atomic E-state index is 0.416. The molecule has 0 saturated heterocycles. The molecule has 0 bridgehead atoms. The minimum Gasteiger partial charge on any atom is -0.383 e. The van der Waals surface area contributed by atoms with Gasteiger partial charge in [-0.15, -0.1) is 6.42 Å². The first-order valence-corrected chi connectivity index (χ1v) is 5.31. The maximum atomic E-state index is 5.77. The van der Waals surface area contributed by atoms with E-state index in [1.54, 1.807) is 10.9 Å². The van der Waals surface area contributed by atoms with Crippen molar-refractivity contribution in [3.05, 3.63) is 42.4 Å². The lowest BCUT2D eigenvalue weighted by Crippen LogP contribution is -1.99. The summed E-state index contributed by atoms with van der Waals surface area (Å²) in [6.45, 7) is 0. The number of terminal acetylenes is 1. The molecule has 0 aliphatic carbocycles. The Morgan fingerprint density at radius 2 is 2.17 bits per heavy atom. The van der Waals surface area contributed by atoms with E-state index in [1.807, 2.05) is 24.3 Å². The molecule has 86 valence electrons. The quantitative estimate of drug-likeness (QED) is 0.647. The molecule has 18 heavy (non-hydrogen) atoms. The molecule has 0 spiro atoms.